The molecule has 9 heteroatoms. The Hall–Kier alpha value is -2.91. The Morgan fingerprint density at radius 1 is 1.10 bits per heavy atom. The molecule has 2 aromatic heterocycles. The Balaban J connectivity index is 1.89. The van der Waals surface area contributed by atoms with Gasteiger partial charge in [0.2, 0.25) is 10.0 Å². The van der Waals surface area contributed by atoms with Crippen molar-refractivity contribution in [3.05, 3.63) is 70.7 Å². The molecule has 0 saturated heterocycles. The molecule has 2 heterocycles. The highest BCUT2D eigenvalue weighted by Gasteiger charge is 2.17. The lowest BCUT2D eigenvalue weighted by Crippen LogP contribution is -2.14. The van der Waals surface area contributed by atoms with Gasteiger partial charge < -0.3 is 9.72 Å². The van der Waals surface area contributed by atoms with Crippen LogP contribution in [-0.4, -0.2) is 24.1 Å². The van der Waals surface area contributed by atoms with E-state index >= 15 is 0 Å². The molecule has 31 heavy (non-hydrogen) atoms. The molecule has 0 spiro atoms. The van der Waals surface area contributed by atoms with E-state index in [9.17, 15) is 12.8 Å². The SMILES string of the molecule is CCS(=O)(=O)Nc1ccc(Oc2ccc(Br)cc2F)c(-c2cc(C)nc3[nH]ccc23)c1. The number of rotatable bonds is 6. The number of aryl methyl sites for hydroxylation is 1. The van der Waals surface area contributed by atoms with Gasteiger partial charge in [0.15, 0.2) is 11.6 Å². The van der Waals surface area contributed by atoms with Gasteiger partial charge in [0.05, 0.1) is 5.75 Å². The van der Waals surface area contributed by atoms with Crippen LogP contribution in [0, 0.1) is 12.7 Å². The zero-order valence-corrected chi connectivity index (χ0v) is 19.1. The van der Waals surface area contributed by atoms with Crippen LogP contribution in [0.15, 0.2) is 59.2 Å². The molecule has 160 valence electrons. The maximum atomic E-state index is 14.4. The summed E-state index contributed by atoms with van der Waals surface area (Å²) in [5.74, 6) is -0.133. The highest BCUT2D eigenvalue weighted by atomic mass is 79.9. The number of anilines is 1. The molecule has 0 unspecified atom stereocenters. The second-order valence-electron chi connectivity index (χ2n) is 6.94. The van der Waals surface area contributed by atoms with E-state index in [1.165, 1.54) is 12.1 Å². The topological polar surface area (TPSA) is 84.1 Å². The molecule has 0 amide bonds. The molecule has 0 aliphatic rings. The largest absolute Gasteiger partial charge is 0.454 e. The van der Waals surface area contributed by atoms with Gasteiger partial charge in [0, 0.05) is 33.0 Å². The van der Waals surface area contributed by atoms with Crippen molar-refractivity contribution in [2.45, 2.75) is 13.8 Å². The molecule has 0 fully saturated rings. The Morgan fingerprint density at radius 3 is 2.61 bits per heavy atom. The average molecular weight is 504 g/mol. The van der Waals surface area contributed by atoms with Crippen LogP contribution in [-0.2, 0) is 10.0 Å². The summed E-state index contributed by atoms with van der Waals surface area (Å²) >= 11 is 3.24. The number of pyridine rings is 1. The minimum absolute atomic E-state index is 0.0545. The van der Waals surface area contributed by atoms with E-state index in [4.69, 9.17) is 4.74 Å². The smallest absolute Gasteiger partial charge is 0.232 e. The first-order chi connectivity index (χ1) is 14.8. The number of H-pyrrole nitrogens is 1. The third-order valence-electron chi connectivity index (χ3n) is 4.69. The van der Waals surface area contributed by atoms with Gasteiger partial charge >= 0.3 is 0 Å². The summed E-state index contributed by atoms with van der Waals surface area (Å²) < 4.78 is 47.7. The Kier molecular flexibility index (Phi) is 5.72. The van der Waals surface area contributed by atoms with E-state index in [0.717, 1.165) is 16.6 Å². The van der Waals surface area contributed by atoms with Crippen molar-refractivity contribution in [1.82, 2.24) is 9.97 Å². The highest BCUT2D eigenvalue weighted by molar-refractivity contribution is 9.10. The van der Waals surface area contributed by atoms with Gasteiger partial charge in [-0.15, -0.1) is 0 Å². The van der Waals surface area contributed by atoms with Crippen LogP contribution in [0.5, 0.6) is 11.5 Å². The lowest BCUT2D eigenvalue weighted by molar-refractivity contribution is 0.443. The number of hydrogen-bond donors (Lipinski definition) is 2. The standard InChI is InChI=1S/C22H19BrFN3O3S/c1-3-31(28,29)27-15-5-7-20(30-21-6-4-14(23)11-19(21)24)18(12-15)17-10-13(2)26-22-16(17)8-9-25-22/h4-12,27H,3H2,1-2H3,(H,25,26). The molecular formula is C22H19BrFN3O3S. The van der Waals surface area contributed by atoms with E-state index in [2.05, 4.69) is 30.6 Å². The number of nitrogens with one attached hydrogen (secondary N) is 2. The number of hydrogen-bond acceptors (Lipinski definition) is 4. The minimum Gasteiger partial charge on any atom is -0.454 e. The van der Waals surface area contributed by atoms with Gasteiger partial charge in [-0.25, -0.2) is 17.8 Å². The van der Waals surface area contributed by atoms with Crippen molar-refractivity contribution in [2.75, 3.05) is 10.5 Å². The fourth-order valence-corrected chi connectivity index (χ4v) is 4.17. The second kappa shape index (κ2) is 8.32. The first-order valence-corrected chi connectivity index (χ1v) is 11.9. The third-order valence-corrected chi connectivity index (χ3v) is 6.49. The number of sulfonamides is 1. The van der Waals surface area contributed by atoms with Crippen molar-refractivity contribution in [2.24, 2.45) is 0 Å². The zero-order chi connectivity index (χ0) is 22.2. The van der Waals surface area contributed by atoms with Gasteiger partial charge in [-0.2, -0.15) is 0 Å². The maximum Gasteiger partial charge on any atom is 0.232 e. The lowest BCUT2D eigenvalue weighted by atomic mass is 10.0. The van der Waals surface area contributed by atoms with Crippen LogP contribution in [0.25, 0.3) is 22.2 Å². The quantitative estimate of drug-likeness (QED) is 0.338. The van der Waals surface area contributed by atoms with E-state index < -0.39 is 15.8 Å². The maximum absolute atomic E-state index is 14.4. The molecule has 0 radical (unpaired) electrons. The fourth-order valence-electron chi connectivity index (χ4n) is 3.21. The summed E-state index contributed by atoms with van der Waals surface area (Å²) in [6, 6.07) is 13.2. The fraction of sp³-hybridized carbons (Fsp3) is 0.136. The van der Waals surface area contributed by atoms with Crippen LogP contribution in [0.1, 0.15) is 12.6 Å². The van der Waals surface area contributed by atoms with Crippen LogP contribution in [0.4, 0.5) is 10.1 Å². The molecule has 6 nitrogen and oxygen atoms in total. The van der Waals surface area contributed by atoms with Crippen LogP contribution in [0.3, 0.4) is 0 Å². The summed E-state index contributed by atoms with van der Waals surface area (Å²) in [7, 11) is -3.47. The van der Waals surface area contributed by atoms with Crippen molar-refractivity contribution in [3.63, 3.8) is 0 Å². The molecule has 0 saturated carbocycles. The molecule has 0 aliphatic carbocycles. The van der Waals surface area contributed by atoms with Gasteiger partial charge in [0.1, 0.15) is 11.4 Å². The molecule has 0 aliphatic heterocycles. The van der Waals surface area contributed by atoms with Crippen LogP contribution >= 0.6 is 15.9 Å². The number of halogens is 2. The number of aromatic nitrogens is 2. The molecule has 4 rings (SSSR count). The average Bonchev–Trinajstić information content (AvgIpc) is 3.18. The normalized spacial score (nSPS) is 11.6. The van der Waals surface area contributed by atoms with Crippen LogP contribution in [0.2, 0.25) is 0 Å². The second-order valence-corrected chi connectivity index (χ2v) is 9.87. The Morgan fingerprint density at radius 2 is 1.87 bits per heavy atom. The van der Waals surface area contributed by atoms with E-state index in [-0.39, 0.29) is 11.5 Å². The van der Waals surface area contributed by atoms with Gasteiger partial charge in [-0.1, -0.05) is 15.9 Å². The van der Waals surface area contributed by atoms with Gasteiger partial charge in [0.25, 0.3) is 0 Å². The van der Waals surface area contributed by atoms with Gasteiger partial charge in [-0.3, -0.25) is 4.72 Å². The predicted octanol–water partition coefficient (Wildman–Crippen LogP) is 5.99. The zero-order valence-electron chi connectivity index (χ0n) is 16.7. The van der Waals surface area contributed by atoms with E-state index in [0.29, 0.717) is 27.1 Å². The van der Waals surface area contributed by atoms with Crippen molar-refractivity contribution in [1.29, 1.82) is 0 Å². The summed E-state index contributed by atoms with van der Waals surface area (Å²) in [6.45, 7) is 3.43. The summed E-state index contributed by atoms with van der Waals surface area (Å²) in [4.78, 5) is 7.57. The Labute approximate surface area is 187 Å². The van der Waals surface area contributed by atoms with Gasteiger partial charge in [-0.05, 0) is 67.9 Å². The number of nitrogens with zero attached hydrogens (tertiary/aromatic N) is 1. The molecule has 0 bridgehead atoms. The predicted molar refractivity (Wildman–Crippen MR) is 124 cm³/mol. The van der Waals surface area contributed by atoms with Crippen molar-refractivity contribution >= 4 is 42.7 Å². The van der Waals surface area contributed by atoms with E-state index in [1.807, 2.05) is 19.1 Å². The molecule has 4 aromatic rings. The van der Waals surface area contributed by atoms with Crippen molar-refractivity contribution in [3.8, 4) is 22.6 Å². The van der Waals surface area contributed by atoms with Crippen LogP contribution < -0.4 is 9.46 Å². The Bertz CT molecular complexity index is 1390. The van der Waals surface area contributed by atoms with Crippen molar-refractivity contribution < 1.29 is 17.5 Å². The summed E-state index contributed by atoms with van der Waals surface area (Å²) in [5, 5.41) is 0.835. The highest BCUT2D eigenvalue weighted by Crippen LogP contribution is 2.40. The summed E-state index contributed by atoms with van der Waals surface area (Å²) in [6.07, 6.45) is 1.78. The molecule has 2 aromatic carbocycles. The first kappa shape index (κ1) is 21.3. The number of aromatic amines is 1. The monoisotopic (exact) mass is 503 g/mol. The molecule has 2 N–H and O–H groups in total. The number of benzene rings is 2. The van der Waals surface area contributed by atoms with E-state index in [1.54, 1.807) is 37.4 Å². The first-order valence-electron chi connectivity index (χ1n) is 9.48. The molecular weight excluding hydrogens is 485 g/mol. The number of fused-ring (bicyclic) bond motifs is 1. The summed E-state index contributed by atoms with van der Waals surface area (Å²) in [5.41, 5.74) is 3.24. The number of ether oxygens (including phenoxy) is 1. The molecule has 0 atom stereocenters. The minimum atomic E-state index is -3.47. The third kappa shape index (κ3) is 4.57. The lowest BCUT2D eigenvalue weighted by Gasteiger charge is -2.16.